The second kappa shape index (κ2) is 6.37. The van der Waals surface area contributed by atoms with Gasteiger partial charge in [0.15, 0.2) is 0 Å². The van der Waals surface area contributed by atoms with Crippen molar-refractivity contribution in [3.8, 4) is 0 Å². The molecule has 1 heterocycles. The van der Waals surface area contributed by atoms with Gasteiger partial charge in [-0.1, -0.05) is 13.8 Å². The summed E-state index contributed by atoms with van der Waals surface area (Å²) in [5, 5.41) is 2.91. The van der Waals surface area contributed by atoms with Gasteiger partial charge in [-0.05, 0) is 33.1 Å². The molecule has 1 fully saturated rings. The molecule has 2 unspecified atom stereocenters. The summed E-state index contributed by atoms with van der Waals surface area (Å²) in [4.78, 5) is 26.6. The van der Waals surface area contributed by atoms with Crippen molar-refractivity contribution in [2.75, 3.05) is 13.7 Å². The van der Waals surface area contributed by atoms with E-state index in [2.05, 4.69) is 5.32 Å². The van der Waals surface area contributed by atoms with Gasteiger partial charge in [0.1, 0.15) is 11.6 Å². The predicted octanol–water partition coefficient (Wildman–Crippen LogP) is 1.32. The number of rotatable bonds is 6. The SMILES string of the molecule is CCC1(CC)NC(=O)C(C)N(C(C)CCOC)C1=O. The highest BCUT2D eigenvalue weighted by Crippen LogP contribution is 2.27. The lowest BCUT2D eigenvalue weighted by Crippen LogP contribution is -2.70. The van der Waals surface area contributed by atoms with Crippen molar-refractivity contribution < 1.29 is 14.3 Å². The van der Waals surface area contributed by atoms with Crippen LogP contribution in [0, 0.1) is 0 Å². The Hall–Kier alpha value is -1.10. The number of hydrogen-bond acceptors (Lipinski definition) is 3. The van der Waals surface area contributed by atoms with Crippen molar-refractivity contribution in [1.82, 2.24) is 10.2 Å². The van der Waals surface area contributed by atoms with Crippen molar-refractivity contribution in [1.29, 1.82) is 0 Å². The molecule has 0 bridgehead atoms. The van der Waals surface area contributed by atoms with Gasteiger partial charge in [-0.25, -0.2) is 0 Å². The molecule has 0 saturated carbocycles. The molecule has 19 heavy (non-hydrogen) atoms. The van der Waals surface area contributed by atoms with Crippen LogP contribution in [0.3, 0.4) is 0 Å². The summed E-state index contributed by atoms with van der Waals surface area (Å²) in [5.41, 5.74) is -0.731. The number of carbonyl (C=O) groups is 2. The fraction of sp³-hybridized carbons (Fsp3) is 0.857. The first-order chi connectivity index (χ1) is 8.93. The molecule has 0 aliphatic carbocycles. The average molecular weight is 270 g/mol. The number of piperazine rings is 1. The summed E-state index contributed by atoms with van der Waals surface area (Å²) in [6, 6.07) is -0.406. The van der Waals surface area contributed by atoms with Crippen molar-refractivity contribution in [2.24, 2.45) is 0 Å². The second-order valence-electron chi connectivity index (χ2n) is 5.30. The fourth-order valence-electron chi connectivity index (χ4n) is 2.68. The zero-order chi connectivity index (χ0) is 14.6. The molecule has 1 rings (SSSR count). The van der Waals surface area contributed by atoms with Crippen LogP contribution in [0.4, 0.5) is 0 Å². The maximum absolute atomic E-state index is 12.7. The molecule has 1 saturated heterocycles. The molecule has 0 aromatic carbocycles. The Morgan fingerprint density at radius 3 is 2.42 bits per heavy atom. The number of ether oxygens (including phenoxy) is 1. The van der Waals surface area contributed by atoms with Gasteiger partial charge >= 0.3 is 0 Å². The molecule has 1 aliphatic heterocycles. The fourth-order valence-corrected chi connectivity index (χ4v) is 2.68. The van der Waals surface area contributed by atoms with Gasteiger partial charge in [-0.15, -0.1) is 0 Å². The number of methoxy groups -OCH3 is 1. The predicted molar refractivity (Wildman–Crippen MR) is 73.7 cm³/mol. The highest BCUT2D eigenvalue weighted by atomic mass is 16.5. The third kappa shape index (κ3) is 2.91. The van der Waals surface area contributed by atoms with E-state index in [0.29, 0.717) is 19.4 Å². The third-order valence-electron chi connectivity index (χ3n) is 4.22. The van der Waals surface area contributed by atoms with E-state index in [1.165, 1.54) is 0 Å². The Balaban J connectivity index is 2.99. The minimum absolute atomic E-state index is 0.00553. The quantitative estimate of drug-likeness (QED) is 0.792. The molecule has 5 nitrogen and oxygen atoms in total. The van der Waals surface area contributed by atoms with E-state index >= 15 is 0 Å². The largest absolute Gasteiger partial charge is 0.385 e. The molecular weight excluding hydrogens is 244 g/mol. The molecule has 0 spiro atoms. The Bertz CT molecular complexity index is 340. The van der Waals surface area contributed by atoms with Crippen molar-refractivity contribution in [3.63, 3.8) is 0 Å². The normalized spacial score (nSPS) is 24.3. The summed E-state index contributed by atoms with van der Waals surface area (Å²) in [6.07, 6.45) is 1.98. The molecule has 110 valence electrons. The smallest absolute Gasteiger partial charge is 0.249 e. The number of nitrogens with zero attached hydrogens (tertiary/aromatic N) is 1. The summed E-state index contributed by atoms with van der Waals surface area (Å²) < 4.78 is 5.07. The van der Waals surface area contributed by atoms with E-state index in [1.807, 2.05) is 20.8 Å². The lowest BCUT2D eigenvalue weighted by molar-refractivity contribution is -0.157. The molecule has 1 aliphatic rings. The van der Waals surface area contributed by atoms with E-state index in [-0.39, 0.29) is 17.9 Å². The second-order valence-corrected chi connectivity index (χ2v) is 5.30. The van der Waals surface area contributed by atoms with E-state index in [4.69, 9.17) is 4.74 Å². The minimum atomic E-state index is -0.731. The summed E-state index contributed by atoms with van der Waals surface area (Å²) >= 11 is 0. The van der Waals surface area contributed by atoms with Gasteiger partial charge < -0.3 is 15.0 Å². The first-order valence-corrected chi connectivity index (χ1v) is 7.07. The van der Waals surface area contributed by atoms with Crippen LogP contribution < -0.4 is 5.32 Å². The van der Waals surface area contributed by atoms with E-state index < -0.39 is 11.6 Å². The Kier molecular flexibility index (Phi) is 5.35. The zero-order valence-corrected chi connectivity index (χ0v) is 12.7. The van der Waals surface area contributed by atoms with Crippen LogP contribution >= 0.6 is 0 Å². The maximum Gasteiger partial charge on any atom is 0.249 e. The highest BCUT2D eigenvalue weighted by molar-refractivity contribution is 5.99. The van der Waals surface area contributed by atoms with Crippen molar-refractivity contribution in [2.45, 2.75) is 64.6 Å². The minimum Gasteiger partial charge on any atom is -0.385 e. The van der Waals surface area contributed by atoms with Crippen LogP contribution in [0.1, 0.15) is 47.0 Å². The topological polar surface area (TPSA) is 58.6 Å². The molecule has 5 heteroatoms. The van der Waals surface area contributed by atoms with Gasteiger partial charge in [0.25, 0.3) is 0 Å². The maximum atomic E-state index is 12.7. The molecule has 2 atom stereocenters. The van der Waals surface area contributed by atoms with Gasteiger partial charge in [0.05, 0.1) is 0 Å². The zero-order valence-electron chi connectivity index (χ0n) is 12.7. The van der Waals surface area contributed by atoms with Crippen molar-refractivity contribution in [3.05, 3.63) is 0 Å². The average Bonchev–Trinajstić information content (AvgIpc) is 2.41. The Labute approximate surface area is 115 Å². The van der Waals surface area contributed by atoms with Gasteiger partial charge in [-0.2, -0.15) is 0 Å². The lowest BCUT2D eigenvalue weighted by Gasteiger charge is -2.47. The van der Waals surface area contributed by atoms with Crippen molar-refractivity contribution >= 4 is 11.8 Å². The van der Waals surface area contributed by atoms with E-state index in [1.54, 1.807) is 18.9 Å². The van der Waals surface area contributed by atoms with E-state index in [0.717, 1.165) is 6.42 Å². The van der Waals surface area contributed by atoms with Crippen LogP contribution in [0.2, 0.25) is 0 Å². The van der Waals surface area contributed by atoms with Crippen LogP contribution in [-0.2, 0) is 14.3 Å². The molecule has 0 aromatic heterocycles. The Morgan fingerprint density at radius 2 is 1.95 bits per heavy atom. The number of hydrogen-bond donors (Lipinski definition) is 1. The summed E-state index contributed by atoms with van der Waals surface area (Å²) in [6.45, 7) is 8.23. The van der Waals surface area contributed by atoms with Gasteiger partial charge in [0.2, 0.25) is 11.8 Å². The van der Waals surface area contributed by atoms with Crippen LogP contribution in [0.25, 0.3) is 0 Å². The van der Waals surface area contributed by atoms with Crippen LogP contribution in [-0.4, -0.2) is 48.1 Å². The summed E-state index contributed by atoms with van der Waals surface area (Å²) in [7, 11) is 1.64. The standard InChI is InChI=1S/C14H26N2O3/c1-6-14(7-2)13(18)16(10(3)8-9-19-5)11(4)12(17)15-14/h10-11H,6-9H2,1-5H3,(H,15,17). The Morgan fingerprint density at radius 1 is 1.37 bits per heavy atom. The molecule has 0 aromatic rings. The first-order valence-electron chi connectivity index (χ1n) is 7.07. The third-order valence-corrected chi connectivity index (χ3v) is 4.22. The van der Waals surface area contributed by atoms with E-state index in [9.17, 15) is 9.59 Å². The number of nitrogens with one attached hydrogen (secondary N) is 1. The number of amides is 2. The lowest BCUT2D eigenvalue weighted by atomic mass is 9.86. The van der Waals surface area contributed by atoms with Gasteiger partial charge in [-0.3, -0.25) is 9.59 Å². The van der Waals surface area contributed by atoms with Crippen LogP contribution in [0.5, 0.6) is 0 Å². The van der Waals surface area contributed by atoms with Gasteiger partial charge in [0, 0.05) is 19.8 Å². The highest BCUT2D eigenvalue weighted by Gasteiger charge is 2.48. The monoisotopic (exact) mass is 270 g/mol. The molecule has 2 amide bonds. The first kappa shape index (κ1) is 16.0. The number of carbonyl (C=O) groups excluding carboxylic acids is 2. The molecular formula is C14H26N2O3. The molecule has 1 N–H and O–H groups in total. The summed E-state index contributed by atoms with van der Waals surface area (Å²) in [5.74, 6) is -0.0271. The molecule has 0 radical (unpaired) electrons. The van der Waals surface area contributed by atoms with Crippen LogP contribution in [0.15, 0.2) is 0 Å².